The van der Waals surface area contributed by atoms with Gasteiger partial charge in [-0.2, -0.15) is 11.8 Å². The Morgan fingerprint density at radius 2 is 2.00 bits per heavy atom. The molecule has 15 heavy (non-hydrogen) atoms. The van der Waals surface area contributed by atoms with Gasteiger partial charge in [0, 0.05) is 17.5 Å². The van der Waals surface area contributed by atoms with Gasteiger partial charge in [0.05, 0.1) is 6.10 Å². The molecule has 0 bridgehead atoms. The van der Waals surface area contributed by atoms with Crippen molar-refractivity contribution in [2.45, 2.75) is 57.6 Å². The first kappa shape index (κ1) is 13.3. The van der Waals surface area contributed by atoms with Crippen LogP contribution in [0.3, 0.4) is 0 Å². The van der Waals surface area contributed by atoms with Gasteiger partial charge >= 0.3 is 0 Å². The highest BCUT2D eigenvalue weighted by molar-refractivity contribution is 7.99. The molecule has 1 aliphatic rings. The molecule has 0 saturated heterocycles. The molecular weight excluding hydrogens is 206 g/mol. The van der Waals surface area contributed by atoms with E-state index in [-0.39, 0.29) is 6.10 Å². The van der Waals surface area contributed by atoms with Crippen LogP contribution in [0.25, 0.3) is 0 Å². The molecule has 2 unspecified atom stereocenters. The highest BCUT2D eigenvalue weighted by atomic mass is 32.2. The monoisotopic (exact) mass is 231 g/mol. The summed E-state index contributed by atoms with van der Waals surface area (Å²) < 4.78 is 0. The summed E-state index contributed by atoms with van der Waals surface area (Å²) in [5.74, 6) is 2.64. The van der Waals surface area contributed by atoms with Crippen LogP contribution in [0.2, 0.25) is 0 Å². The molecule has 0 aromatic rings. The van der Waals surface area contributed by atoms with Crippen LogP contribution in [0, 0.1) is 5.92 Å². The van der Waals surface area contributed by atoms with E-state index in [4.69, 9.17) is 5.73 Å². The minimum Gasteiger partial charge on any atom is -0.392 e. The molecular formula is C12H25NOS. The van der Waals surface area contributed by atoms with E-state index in [1.54, 1.807) is 11.8 Å². The zero-order valence-corrected chi connectivity index (χ0v) is 10.6. The molecule has 2 atom stereocenters. The predicted octanol–water partition coefficient (Wildman–Crippen LogP) is 2.40. The normalized spacial score (nSPS) is 21.8. The van der Waals surface area contributed by atoms with E-state index in [0.717, 1.165) is 30.3 Å². The van der Waals surface area contributed by atoms with Crippen LogP contribution in [0.4, 0.5) is 0 Å². The number of aliphatic hydroxyl groups is 1. The van der Waals surface area contributed by atoms with E-state index in [1.165, 1.54) is 25.7 Å². The Hall–Kier alpha value is 0.270. The molecule has 3 N–H and O–H groups in total. The minimum absolute atomic E-state index is 0.109. The van der Waals surface area contributed by atoms with Gasteiger partial charge < -0.3 is 10.8 Å². The molecule has 90 valence electrons. The van der Waals surface area contributed by atoms with Gasteiger partial charge in [-0.25, -0.2) is 0 Å². The maximum Gasteiger partial charge on any atom is 0.0633 e. The third-order valence-electron chi connectivity index (χ3n) is 3.25. The Balaban J connectivity index is 2.00. The summed E-state index contributed by atoms with van der Waals surface area (Å²) in [5, 5.41) is 9.83. The van der Waals surface area contributed by atoms with Crippen molar-refractivity contribution in [2.24, 2.45) is 11.7 Å². The quantitative estimate of drug-likeness (QED) is 0.707. The largest absolute Gasteiger partial charge is 0.392 e. The maximum atomic E-state index is 9.83. The summed E-state index contributed by atoms with van der Waals surface area (Å²) in [5.41, 5.74) is 5.82. The zero-order valence-electron chi connectivity index (χ0n) is 9.82. The summed E-state index contributed by atoms with van der Waals surface area (Å²) in [7, 11) is 0. The lowest BCUT2D eigenvalue weighted by Crippen LogP contribution is -2.23. The Morgan fingerprint density at radius 3 is 2.60 bits per heavy atom. The maximum absolute atomic E-state index is 9.83. The molecule has 0 aromatic carbocycles. The van der Waals surface area contributed by atoms with Crippen molar-refractivity contribution >= 4 is 11.8 Å². The number of nitrogens with two attached hydrogens (primary N) is 1. The number of rotatable bonds is 7. The first-order valence-electron chi connectivity index (χ1n) is 6.23. The fourth-order valence-corrected chi connectivity index (χ4v) is 3.25. The Kier molecular flexibility index (Phi) is 6.69. The number of hydrogen-bond donors (Lipinski definition) is 2. The van der Waals surface area contributed by atoms with Crippen molar-refractivity contribution in [2.75, 3.05) is 11.5 Å². The van der Waals surface area contributed by atoms with E-state index in [2.05, 4.69) is 6.92 Å². The molecule has 0 aromatic heterocycles. The molecule has 1 aliphatic carbocycles. The second kappa shape index (κ2) is 7.53. The van der Waals surface area contributed by atoms with Gasteiger partial charge in [-0.05, 0) is 18.8 Å². The van der Waals surface area contributed by atoms with E-state index in [9.17, 15) is 5.11 Å². The van der Waals surface area contributed by atoms with Gasteiger partial charge in [-0.1, -0.05) is 32.6 Å². The summed E-state index contributed by atoms with van der Waals surface area (Å²) >= 11 is 1.80. The summed E-state index contributed by atoms with van der Waals surface area (Å²) in [6.07, 6.45) is 7.32. The number of aliphatic hydroxyl groups excluding tert-OH is 1. The lowest BCUT2D eigenvalue weighted by atomic mass is 10.0. The molecule has 1 saturated carbocycles. The van der Waals surface area contributed by atoms with Gasteiger partial charge in [0.15, 0.2) is 0 Å². The van der Waals surface area contributed by atoms with Gasteiger partial charge in [0.25, 0.3) is 0 Å². The average Bonchev–Trinajstić information content (AvgIpc) is 2.70. The number of hydrogen-bond acceptors (Lipinski definition) is 3. The van der Waals surface area contributed by atoms with Crippen LogP contribution >= 0.6 is 11.8 Å². The summed E-state index contributed by atoms with van der Waals surface area (Å²) in [6.45, 7) is 2.11. The van der Waals surface area contributed by atoms with E-state index in [0.29, 0.717) is 6.04 Å². The topological polar surface area (TPSA) is 46.2 Å². The van der Waals surface area contributed by atoms with Crippen LogP contribution in [0.5, 0.6) is 0 Å². The smallest absolute Gasteiger partial charge is 0.0633 e. The van der Waals surface area contributed by atoms with Crippen LogP contribution in [-0.2, 0) is 0 Å². The van der Waals surface area contributed by atoms with Crippen molar-refractivity contribution in [3.05, 3.63) is 0 Å². The Morgan fingerprint density at radius 1 is 1.33 bits per heavy atom. The van der Waals surface area contributed by atoms with Crippen molar-refractivity contribution < 1.29 is 5.11 Å². The van der Waals surface area contributed by atoms with Gasteiger partial charge in [-0.3, -0.25) is 0 Å². The summed E-state index contributed by atoms with van der Waals surface area (Å²) in [4.78, 5) is 0. The van der Waals surface area contributed by atoms with Crippen molar-refractivity contribution in [1.82, 2.24) is 0 Å². The molecule has 0 heterocycles. The molecule has 1 rings (SSSR count). The zero-order chi connectivity index (χ0) is 11.1. The molecule has 3 heteroatoms. The molecule has 0 amide bonds. The standard InChI is InChI=1S/C12H25NOS/c1-2-11(13)8-15-9-12(14)7-10-5-3-4-6-10/h10-12,14H,2-9,13H2,1H3. The third-order valence-corrected chi connectivity index (χ3v) is 4.53. The SMILES string of the molecule is CCC(N)CSCC(O)CC1CCCC1. The van der Waals surface area contributed by atoms with Gasteiger partial charge in [0.1, 0.15) is 0 Å². The van der Waals surface area contributed by atoms with Crippen molar-refractivity contribution in [3.63, 3.8) is 0 Å². The van der Waals surface area contributed by atoms with Crippen LogP contribution < -0.4 is 5.73 Å². The van der Waals surface area contributed by atoms with E-state index in [1.807, 2.05) is 0 Å². The van der Waals surface area contributed by atoms with Crippen molar-refractivity contribution in [1.29, 1.82) is 0 Å². The average molecular weight is 231 g/mol. The second-order valence-electron chi connectivity index (χ2n) is 4.75. The van der Waals surface area contributed by atoms with E-state index < -0.39 is 0 Å². The minimum atomic E-state index is -0.109. The fourth-order valence-electron chi connectivity index (χ4n) is 2.17. The van der Waals surface area contributed by atoms with Crippen molar-refractivity contribution in [3.8, 4) is 0 Å². The Bertz CT molecular complexity index is 160. The molecule has 1 fully saturated rings. The molecule has 0 aliphatic heterocycles. The lowest BCUT2D eigenvalue weighted by Gasteiger charge is -2.15. The highest BCUT2D eigenvalue weighted by Gasteiger charge is 2.18. The third kappa shape index (κ3) is 5.79. The second-order valence-corrected chi connectivity index (χ2v) is 5.82. The van der Waals surface area contributed by atoms with Crippen LogP contribution in [0.1, 0.15) is 45.4 Å². The first-order valence-corrected chi connectivity index (χ1v) is 7.39. The fraction of sp³-hybridized carbons (Fsp3) is 1.00. The van der Waals surface area contributed by atoms with Gasteiger partial charge in [0.2, 0.25) is 0 Å². The van der Waals surface area contributed by atoms with Crippen LogP contribution in [0.15, 0.2) is 0 Å². The van der Waals surface area contributed by atoms with Gasteiger partial charge in [-0.15, -0.1) is 0 Å². The predicted molar refractivity (Wildman–Crippen MR) is 68.2 cm³/mol. The molecule has 0 spiro atoms. The summed E-state index contributed by atoms with van der Waals surface area (Å²) in [6, 6.07) is 0.300. The lowest BCUT2D eigenvalue weighted by molar-refractivity contribution is 0.166. The Labute approximate surface area is 98.0 Å². The van der Waals surface area contributed by atoms with E-state index >= 15 is 0 Å². The highest BCUT2D eigenvalue weighted by Crippen LogP contribution is 2.29. The first-order chi connectivity index (χ1) is 7.22. The van der Waals surface area contributed by atoms with Crippen LogP contribution in [-0.4, -0.2) is 28.8 Å². The molecule has 0 radical (unpaired) electrons. The molecule has 2 nitrogen and oxygen atoms in total. The number of thioether (sulfide) groups is 1.